The molecule has 1 aliphatic rings. The Hall–Kier alpha value is -3.82. The second-order valence-electron chi connectivity index (χ2n) is 14.5. The maximum atomic E-state index is 6.84. The van der Waals surface area contributed by atoms with Crippen molar-refractivity contribution in [3.8, 4) is 0 Å². The molecule has 1 fully saturated rings. The minimum absolute atomic E-state index is 0.221. The van der Waals surface area contributed by atoms with Gasteiger partial charge in [-0.05, 0) is 79.1 Å². The van der Waals surface area contributed by atoms with Gasteiger partial charge < -0.3 is 14.5 Å². The third-order valence-corrected chi connectivity index (χ3v) is 9.92. The average molecular weight is 613 g/mol. The molecular formula is C43H52N2O. The van der Waals surface area contributed by atoms with Crippen molar-refractivity contribution in [2.45, 2.75) is 91.7 Å². The van der Waals surface area contributed by atoms with Gasteiger partial charge in [0, 0.05) is 17.9 Å². The van der Waals surface area contributed by atoms with Crippen LogP contribution in [0.5, 0.6) is 0 Å². The number of anilines is 2. The molecule has 0 radical (unpaired) electrons. The molecule has 1 saturated heterocycles. The van der Waals surface area contributed by atoms with Crippen molar-refractivity contribution in [2.75, 3.05) is 29.6 Å². The zero-order chi connectivity index (χ0) is 32.5. The number of para-hydroxylation sites is 2. The summed E-state index contributed by atoms with van der Waals surface area (Å²) >= 11 is 0. The lowest BCUT2D eigenvalue weighted by Crippen LogP contribution is -2.36. The van der Waals surface area contributed by atoms with E-state index >= 15 is 0 Å². The van der Waals surface area contributed by atoms with E-state index in [0.29, 0.717) is 36.9 Å². The van der Waals surface area contributed by atoms with Gasteiger partial charge in [0.1, 0.15) is 0 Å². The summed E-state index contributed by atoms with van der Waals surface area (Å²) in [6.45, 7) is 21.7. The minimum Gasteiger partial charge on any atom is -0.375 e. The molecule has 240 valence electrons. The molecular weight excluding hydrogens is 560 g/mol. The van der Waals surface area contributed by atoms with Crippen LogP contribution in [0.15, 0.2) is 91.0 Å². The average Bonchev–Trinajstić information content (AvgIpc) is 3.46. The molecule has 1 aliphatic heterocycles. The fourth-order valence-electron chi connectivity index (χ4n) is 7.55. The summed E-state index contributed by atoms with van der Waals surface area (Å²) in [5, 5.41) is 5.11. The number of fused-ring (bicyclic) bond motifs is 2. The van der Waals surface area contributed by atoms with Gasteiger partial charge in [-0.25, -0.2) is 0 Å². The Morgan fingerprint density at radius 3 is 1.52 bits per heavy atom. The highest BCUT2D eigenvalue weighted by atomic mass is 16.5. The summed E-state index contributed by atoms with van der Waals surface area (Å²) in [7, 11) is 0. The summed E-state index contributed by atoms with van der Waals surface area (Å²) in [5.41, 5.74) is 9.86. The Morgan fingerprint density at radius 2 is 1.04 bits per heavy atom. The number of benzene rings is 5. The van der Waals surface area contributed by atoms with Gasteiger partial charge in [0.15, 0.2) is 0 Å². The predicted octanol–water partition coefficient (Wildman–Crippen LogP) is 11.4. The predicted molar refractivity (Wildman–Crippen MR) is 199 cm³/mol. The summed E-state index contributed by atoms with van der Waals surface area (Å²) in [5.74, 6) is 1.76. The van der Waals surface area contributed by atoms with E-state index in [1.165, 1.54) is 60.7 Å². The Labute approximate surface area is 277 Å². The Balaban J connectivity index is 1.41. The van der Waals surface area contributed by atoms with Crippen molar-refractivity contribution in [3.05, 3.63) is 119 Å². The fourth-order valence-corrected chi connectivity index (χ4v) is 7.55. The Bertz CT molecular complexity index is 1710. The van der Waals surface area contributed by atoms with Crippen LogP contribution < -0.4 is 9.80 Å². The first-order chi connectivity index (χ1) is 22.2. The second kappa shape index (κ2) is 13.5. The fraction of sp³-hybridized carbons (Fsp3) is 0.395. The molecule has 5 aromatic carbocycles. The SMILES string of the molecule is CC(C)c1cccc(C(C)C)c1N1CC(COCc2c3ccccc3cc3ccccc23)N(c2c(C(C)C)cccc2C(C)C)C1. The van der Waals surface area contributed by atoms with Crippen LogP contribution in [0.3, 0.4) is 0 Å². The minimum atomic E-state index is 0.221. The van der Waals surface area contributed by atoms with E-state index in [2.05, 4.69) is 156 Å². The Morgan fingerprint density at radius 1 is 0.587 bits per heavy atom. The van der Waals surface area contributed by atoms with Crippen LogP contribution in [0.25, 0.3) is 21.5 Å². The lowest BCUT2D eigenvalue weighted by atomic mass is 9.91. The third kappa shape index (κ3) is 6.15. The normalized spacial score (nSPS) is 15.5. The van der Waals surface area contributed by atoms with Crippen molar-refractivity contribution in [1.29, 1.82) is 0 Å². The van der Waals surface area contributed by atoms with Crippen molar-refractivity contribution < 1.29 is 4.74 Å². The van der Waals surface area contributed by atoms with Crippen molar-refractivity contribution in [1.82, 2.24) is 0 Å². The molecule has 0 spiro atoms. The number of hydrogen-bond acceptors (Lipinski definition) is 3. The molecule has 0 amide bonds. The van der Waals surface area contributed by atoms with Crippen LogP contribution >= 0.6 is 0 Å². The highest BCUT2D eigenvalue weighted by molar-refractivity contribution is 6.02. The molecule has 5 aromatic rings. The van der Waals surface area contributed by atoms with Gasteiger partial charge >= 0.3 is 0 Å². The molecule has 0 saturated carbocycles. The summed E-state index contributed by atoms with van der Waals surface area (Å²) in [6.07, 6.45) is 0. The Kier molecular flexibility index (Phi) is 9.43. The van der Waals surface area contributed by atoms with Gasteiger partial charge in [-0.15, -0.1) is 0 Å². The molecule has 0 aliphatic carbocycles. The first kappa shape index (κ1) is 32.1. The van der Waals surface area contributed by atoms with Gasteiger partial charge in [0.25, 0.3) is 0 Å². The molecule has 0 N–H and O–H groups in total. The number of hydrogen-bond donors (Lipinski definition) is 0. The molecule has 1 heterocycles. The first-order valence-corrected chi connectivity index (χ1v) is 17.4. The topological polar surface area (TPSA) is 15.7 Å². The lowest BCUT2D eigenvalue weighted by molar-refractivity contribution is 0.112. The standard InChI is InChI=1S/C43H52N2O/c1-28(2)35-19-13-20-36(29(3)4)42(35)44-24-34(45(27-44)43-37(30(5)6)21-14-22-38(43)31(7)8)25-46-26-41-39-17-11-9-15-32(39)23-33-16-10-12-18-40(33)41/h9-23,28-31,34H,24-27H2,1-8H3. The van der Waals surface area contributed by atoms with Gasteiger partial charge in [-0.2, -0.15) is 0 Å². The van der Waals surface area contributed by atoms with Crippen LogP contribution in [0.4, 0.5) is 11.4 Å². The lowest BCUT2D eigenvalue weighted by Gasteiger charge is -2.33. The maximum absolute atomic E-state index is 6.84. The second-order valence-corrected chi connectivity index (χ2v) is 14.5. The van der Waals surface area contributed by atoms with E-state index in [-0.39, 0.29) is 6.04 Å². The van der Waals surface area contributed by atoms with Gasteiger partial charge in [0.05, 0.1) is 25.9 Å². The molecule has 0 bridgehead atoms. The van der Waals surface area contributed by atoms with Crippen LogP contribution in [-0.4, -0.2) is 25.9 Å². The summed E-state index contributed by atoms with van der Waals surface area (Å²) in [4.78, 5) is 5.35. The maximum Gasteiger partial charge on any atom is 0.0908 e. The van der Waals surface area contributed by atoms with Crippen LogP contribution in [-0.2, 0) is 11.3 Å². The summed E-state index contributed by atoms with van der Waals surface area (Å²) < 4.78 is 6.84. The molecule has 1 atom stereocenters. The zero-order valence-electron chi connectivity index (χ0n) is 29.2. The number of nitrogens with zero attached hydrogens (tertiary/aromatic N) is 2. The largest absolute Gasteiger partial charge is 0.375 e. The van der Waals surface area contributed by atoms with E-state index in [0.717, 1.165) is 13.2 Å². The molecule has 46 heavy (non-hydrogen) atoms. The zero-order valence-corrected chi connectivity index (χ0v) is 29.2. The van der Waals surface area contributed by atoms with E-state index in [1.54, 1.807) is 0 Å². The molecule has 3 heteroatoms. The van der Waals surface area contributed by atoms with Gasteiger partial charge in [0.2, 0.25) is 0 Å². The van der Waals surface area contributed by atoms with Crippen molar-refractivity contribution >= 4 is 32.9 Å². The molecule has 3 nitrogen and oxygen atoms in total. The van der Waals surface area contributed by atoms with Crippen molar-refractivity contribution in [2.24, 2.45) is 0 Å². The van der Waals surface area contributed by atoms with Gasteiger partial charge in [-0.3, -0.25) is 0 Å². The molecule has 6 rings (SSSR count). The van der Waals surface area contributed by atoms with Gasteiger partial charge in [-0.1, -0.05) is 140 Å². The monoisotopic (exact) mass is 612 g/mol. The number of ether oxygens (including phenoxy) is 1. The van der Waals surface area contributed by atoms with Crippen LogP contribution in [0, 0.1) is 0 Å². The smallest absolute Gasteiger partial charge is 0.0908 e. The third-order valence-electron chi connectivity index (χ3n) is 9.92. The first-order valence-electron chi connectivity index (χ1n) is 17.4. The van der Waals surface area contributed by atoms with Crippen LogP contribution in [0.2, 0.25) is 0 Å². The van der Waals surface area contributed by atoms with E-state index in [1.807, 2.05) is 0 Å². The highest BCUT2D eigenvalue weighted by Crippen LogP contribution is 2.42. The van der Waals surface area contributed by atoms with E-state index in [9.17, 15) is 0 Å². The summed E-state index contributed by atoms with van der Waals surface area (Å²) in [6, 6.07) is 33.9. The highest BCUT2D eigenvalue weighted by Gasteiger charge is 2.36. The van der Waals surface area contributed by atoms with Crippen LogP contribution in [0.1, 0.15) is 107 Å². The van der Waals surface area contributed by atoms with E-state index in [4.69, 9.17) is 4.74 Å². The molecule has 1 unspecified atom stereocenters. The molecule has 0 aromatic heterocycles. The van der Waals surface area contributed by atoms with Crippen molar-refractivity contribution in [3.63, 3.8) is 0 Å². The quantitative estimate of drug-likeness (QED) is 0.146. The number of rotatable bonds is 10. The van der Waals surface area contributed by atoms with E-state index < -0.39 is 0 Å².